The number of hydrogen-bond donors (Lipinski definition) is 2. The van der Waals surface area contributed by atoms with Crippen LogP contribution in [-0.4, -0.2) is 15.0 Å². The quantitative estimate of drug-likeness (QED) is 0.841. The number of aryl methyl sites for hydroxylation is 1. The topological polar surface area (TPSA) is 70.7 Å². The van der Waals surface area contributed by atoms with Gasteiger partial charge in [0.15, 0.2) is 0 Å². The Morgan fingerprint density at radius 3 is 2.94 bits per heavy atom. The molecule has 0 saturated heterocycles. The Bertz CT molecular complexity index is 550. The Morgan fingerprint density at radius 2 is 2.29 bits per heavy atom. The number of anilines is 1. The first kappa shape index (κ1) is 11.3. The van der Waals surface area contributed by atoms with Crippen LogP contribution in [0.1, 0.15) is 24.2 Å². The minimum absolute atomic E-state index is 0.0358. The van der Waals surface area contributed by atoms with E-state index in [1.807, 2.05) is 19.1 Å². The molecule has 2 rings (SSSR count). The minimum atomic E-state index is -0.154. The van der Waals surface area contributed by atoms with E-state index in [1.54, 1.807) is 19.3 Å². The van der Waals surface area contributed by atoms with E-state index in [1.165, 1.54) is 6.07 Å². The largest absolute Gasteiger partial charge is 0.349 e. The van der Waals surface area contributed by atoms with Gasteiger partial charge in [-0.15, -0.1) is 0 Å². The molecule has 0 aliphatic rings. The number of H-pyrrole nitrogens is 1. The van der Waals surface area contributed by atoms with Gasteiger partial charge in [0.05, 0.1) is 6.04 Å². The number of aromatic amines is 1. The van der Waals surface area contributed by atoms with E-state index >= 15 is 0 Å². The molecule has 1 atom stereocenters. The molecule has 0 aliphatic heterocycles. The average molecular weight is 230 g/mol. The molecule has 88 valence electrons. The average Bonchev–Trinajstić information content (AvgIpc) is 2.28. The van der Waals surface area contributed by atoms with E-state index in [0.717, 1.165) is 5.56 Å². The fraction of sp³-hybridized carbons (Fsp3) is 0.250. The fourth-order valence-electron chi connectivity index (χ4n) is 1.57. The van der Waals surface area contributed by atoms with Gasteiger partial charge in [0.1, 0.15) is 0 Å². The summed E-state index contributed by atoms with van der Waals surface area (Å²) in [7, 11) is 0. The molecule has 0 unspecified atom stereocenters. The summed E-state index contributed by atoms with van der Waals surface area (Å²) in [5.74, 6) is 0.478. The standard InChI is InChI=1S/C12H14N4O/c1-8-6-11(17)16-12(14-8)15-9(2)10-4-3-5-13-7-10/h3-7,9H,1-2H3,(H2,14,15,16,17)/t9-/m0/s1. The summed E-state index contributed by atoms with van der Waals surface area (Å²) in [6.07, 6.45) is 3.51. The molecule has 0 amide bonds. The van der Waals surface area contributed by atoms with Gasteiger partial charge in [0.25, 0.3) is 5.56 Å². The van der Waals surface area contributed by atoms with Crippen LogP contribution in [0, 0.1) is 6.92 Å². The van der Waals surface area contributed by atoms with Crippen LogP contribution in [0.25, 0.3) is 0 Å². The van der Waals surface area contributed by atoms with Crippen molar-refractivity contribution in [1.82, 2.24) is 15.0 Å². The van der Waals surface area contributed by atoms with Crippen LogP contribution in [0.4, 0.5) is 5.95 Å². The molecule has 0 bridgehead atoms. The fourth-order valence-corrected chi connectivity index (χ4v) is 1.57. The minimum Gasteiger partial charge on any atom is -0.349 e. The summed E-state index contributed by atoms with van der Waals surface area (Å²) in [5, 5.41) is 3.13. The van der Waals surface area contributed by atoms with Gasteiger partial charge in [-0.05, 0) is 25.5 Å². The maximum Gasteiger partial charge on any atom is 0.252 e. The molecule has 0 aliphatic carbocycles. The lowest BCUT2D eigenvalue weighted by Gasteiger charge is -2.14. The Labute approximate surface area is 99.0 Å². The highest BCUT2D eigenvalue weighted by Crippen LogP contribution is 2.14. The predicted octanol–water partition coefficient (Wildman–Crippen LogP) is 1.65. The van der Waals surface area contributed by atoms with Crippen molar-refractivity contribution >= 4 is 5.95 Å². The van der Waals surface area contributed by atoms with Crippen molar-refractivity contribution < 1.29 is 0 Å². The molecule has 17 heavy (non-hydrogen) atoms. The Hall–Kier alpha value is -2.17. The van der Waals surface area contributed by atoms with Crippen LogP contribution in [-0.2, 0) is 0 Å². The van der Waals surface area contributed by atoms with Crippen LogP contribution < -0.4 is 10.9 Å². The summed E-state index contributed by atoms with van der Waals surface area (Å²) in [6.45, 7) is 3.77. The lowest BCUT2D eigenvalue weighted by molar-refractivity contribution is 0.846. The third-order valence-corrected chi connectivity index (χ3v) is 2.41. The molecule has 0 spiro atoms. The van der Waals surface area contributed by atoms with Crippen molar-refractivity contribution in [3.05, 3.63) is 52.2 Å². The molecule has 2 N–H and O–H groups in total. The van der Waals surface area contributed by atoms with Crippen molar-refractivity contribution in [2.24, 2.45) is 0 Å². The predicted molar refractivity (Wildman–Crippen MR) is 65.9 cm³/mol. The van der Waals surface area contributed by atoms with Gasteiger partial charge < -0.3 is 5.32 Å². The Balaban J connectivity index is 2.18. The molecule has 0 saturated carbocycles. The van der Waals surface area contributed by atoms with Crippen LogP contribution in [0.15, 0.2) is 35.4 Å². The molecular weight excluding hydrogens is 216 g/mol. The maximum absolute atomic E-state index is 11.3. The van der Waals surface area contributed by atoms with Crippen molar-refractivity contribution in [2.45, 2.75) is 19.9 Å². The van der Waals surface area contributed by atoms with E-state index < -0.39 is 0 Å². The molecule has 0 aromatic carbocycles. The van der Waals surface area contributed by atoms with Gasteiger partial charge >= 0.3 is 0 Å². The van der Waals surface area contributed by atoms with Crippen molar-refractivity contribution in [2.75, 3.05) is 5.32 Å². The van der Waals surface area contributed by atoms with Crippen LogP contribution in [0.3, 0.4) is 0 Å². The number of hydrogen-bond acceptors (Lipinski definition) is 4. The second-order valence-corrected chi connectivity index (χ2v) is 3.89. The number of pyridine rings is 1. The maximum atomic E-state index is 11.3. The van der Waals surface area contributed by atoms with E-state index in [9.17, 15) is 4.79 Å². The number of rotatable bonds is 3. The first-order chi connectivity index (χ1) is 8.15. The van der Waals surface area contributed by atoms with E-state index in [2.05, 4.69) is 20.3 Å². The van der Waals surface area contributed by atoms with Gasteiger partial charge in [-0.3, -0.25) is 14.8 Å². The third kappa shape index (κ3) is 2.90. The van der Waals surface area contributed by atoms with Crippen molar-refractivity contribution in [3.8, 4) is 0 Å². The molecule has 2 aromatic heterocycles. The summed E-state index contributed by atoms with van der Waals surface area (Å²) in [6, 6.07) is 5.34. The highest BCUT2D eigenvalue weighted by Gasteiger charge is 2.06. The SMILES string of the molecule is Cc1cc(=O)[nH]c(N[C@@H](C)c2cccnc2)n1. The summed E-state index contributed by atoms with van der Waals surface area (Å²) in [5.41, 5.74) is 1.57. The third-order valence-electron chi connectivity index (χ3n) is 2.41. The van der Waals surface area contributed by atoms with Crippen LogP contribution >= 0.6 is 0 Å². The Kier molecular flexibility index (Phi) is 3.18. The van der Waals surface area contributed by atoms with Gasteiger partial charge in [0.2, 0.25) is 5.95 Å². The normalized spacial score (nSPS) is 12.1. The summed E-state index contributed by atoms with van der Waals surface area (Å²) >= 11 is 0. The van der Waals surface area contributed by atoms with Crippen LogP contribution in [0.5, 0.6) is 0 Å². The van der Waals surface area contributed by atoms with E-state index in [-0.39, 0.29) is 11.6 Å². The van der Waals surface area contributed by atoms with Crippen LogP contribution in [0.2, 0.25) is 0 Å². The molecule has 5 heteroatoms. The molecule has 0 radical (unpaired) electrons. The smallest absolute Gasteiger partial charge is 0.252 e. The van der Waals surface area contributed by atoms with Crippen molar-refractivity contribution in [1.29, 1.82) is 0 Å². The zero-order valence-corrected chi connectivity index (χ0v) is 9.77. The molecule has 0 fully saturated rings. The molecule has 5 nitrogen and oxygen atoms in total. The van der Waals surface area contributed by atoms with Gasteiger partial charge in [0, 0.05) is 24.2 Å². The summed E-state index contributed by atoms with van der Waals surface area (Å²) < 4.78 is 0. The lowest BCUT2D eigenvalue weighted by Crippen LogP contribution is -2.15. The highest BCUT2D eigenvalue weighted by molar-refractivity contribution is 5.30. The number of aromatic nitrogens is 3. The second-order valence-electron chi connectivity index (χ2n) is 3.89. The number of nitrogens with one attached hydrogen (secondary N) is 2. The second kappa shape index (κ2) is 4.78. The monoisotopic (exact) mass is 230 g/mol. The van der Waals surface area contributed by atoms with E-state index in [0.29, 0.717) is 11.6 Å². The lowest BCUT2D eigenvalue weighted by atomic mass is 10.1. The highest BCUT2D eigenvalue weighted by atomic mass is 16.1. The summed E-state index contributed by atoms with van der Waals surface area (Å²) in [4.78, 5) is 22.2. The zero-order chi connectivity index (χ0) is 12.3. The molecule has 2 heterocycles. The first-order valence-electron chi connectivity index (χ1n) is 5.39. The zero-order valence-electron chi connectivity index (χ0n) is 9.77. The van der Waals surface area contributed by atoms with Gasteiger partial charge in [-0.25, -0.2) is 4.98 Å². The van der Waals surface area contributed by atoms with Crippen molar-refractivity contribution in [3.63, 3.8) is 0 Å². The van der Waals surface area contributed by atoms with Gasteiger partial charge in [-0.2, -0.15) is 0 Å². The van der Waals surface area contributed by atoms with E-state index in [4.69, 9.17) is 0 Å². The Morgan fingerprint density at radius 1 is 1.47 bits per heavy atom. The molecule has 2 aromatic rings. The van der Waals surface area contributed by atoms with Gasteiger partial charge in [-0.1, -0.05) is 6.07 Å². The molecular formula is C12H14N4O. The first-order valence-corrected chi connectivity index (χ1v) is 5.39. The number of nitrogens with zero attached hydrogens (tertiary/aromatic N) is 2.